The van der Waals surface area contributed by atoms with Crippen LogP contribution in [0, 0.1) is 11.8 Å². The molecule has 3 rings (SSSR count). The Morgan fingerprint density at radius 3 is 2.51 bits per heavy atom. The monoisotopic (exact) mass is 538 g/mol. The number of hydrogen-bond donors (Lipinski definition) is 2. The number of Topliss-reactive ketones (excluding diaryl/α,β-unsaturated/α-hetero) is 1. The summed E-state index contributed by atoms with van der Waals surface area (Å²) < 4.78 is 6.11. The van der Waals surface area contributed by atoms with E-state index < -0.39 is 6.10 Å². The Balaban J connectivity index is 1.59. The number of aromatic hydroxyl groups is 1. The van der Waals surface area contributed by atoms with E-state index in [-0.39, 0.29) is 17.5 Å². The summed E-state index contributed by atoms with van der Waals surface area (Å²) in [5.74, 6) is 0.998. The second-order valence-electron chi connectivity index (χ2n) is 11.6. The van der Waals surface area contributed by atoms with Gasteiger partial charge in [-0.2, -0.15) is 0 Å². The van der Waals surface area contributed by atoms with Crippen LogP contribution in [0.3, 0.4) is 0 Å². The summed E-state index contributed by atoms with van der Waals surface area (Å²) >= 11 is 0. The summed E-state index contributed by atoms with van der Waals surface area (Å²) in [5.41, 5.74) is 4.50. The lowest BCUT2D eigenvalue weighted by Crippen LogP contribution is -2.29. The number of allylic oxidation sites excluding steroid dienone is 2. The van der Waals surface area contributed by atoms with Gasteiger partial charge in [-0.05, 0) is 61.8 Å². The van der Waals surface area contributed by atoms with Crippen LogP contribution in [0.4, 0.5) is 0 Å². The average Bonchev–Trinajstić information content (AvgIpc) is 3.50. The van der Waals surface area contributed by atoms with Crippen molar-refractivity contribution >= 4 is 11.5 Å². The largest absolute Gasteiger partial charge is 0.504 e. The van der Waals surface area contributed by atoms with Gasteiger partial charge in [0.15, 0.2) is 18.2 Å². The Morgan fingerprint density at radius 2 is 1.79 bits per heavy atom. The Morgan fingerprint density at radius 1 is 1.05 bits per heavy atom. The minimum Gasteiger partial charge on any atom is -0.504 e. The lowest BCUT2D eigenvalue weighted by atomic mass is 9.86. The Hall–Kier alpha value is -2.60. The maximum Gasteiger partial charge on any atom is 0.163 e. The Bertz CT molecular complexity index is 1030. The first-order chi connectivity index (χ1) is 18.8. The fourth-order valence-corrected chi connectivity index (χ4v) is 5.46. The summed E-state index contributed by atoms with van der Waals surface area (Å²) in [6, 6.07) is 5.35. The first kappa shape index (κ1) is 30.9. The fraction of sp³-hybridized carbons (Fsp3) is 0.636. The molecule has 0 saturated carbocycles. The van der Waals surface area contributed by atoms with Gasteiger partial charge in [-0.15, -0.1) is 0 Å². The SMILES string of the molecule is CCCCC[C@@H](O)[C@@H](CCCCC)C(=O)CCc1ccc(O)c(OCN2CC3=NC=CC3=C2CCC(C)C)c1. The lowest BCUT2D eigenvalue weighted by molar-refractivity contribution is -0.126. The zero-order chi connectivity index (χ0) is 28.2. The van der Waals surface area contributed by atoms with E-state index in [1.165, 1.54) is 11.3 Å². The third-order valence-corrected chi connectivity index (χ3v) is 7.93. The van der Waals surface area contributed by atoms with Gasteiger partial charge in [0.05, 0.1) is 18.4 Å². The van der Waals surface area contributed by atoms with E-state index in [9.17, 15) is 15.0 Å². The van der Waals surface area contributed by atoms with Gasteiger partial charge in [-0.3, -0.25) is 9.79 Å². The molecule has 0 fully saturated rings. The predicted molar refractivity (Wildman–Crippen MR) is 159 cm³/mol. The molecule has 0 aromatic heterocycles. The number of aliphatic hydroxyl groups is 1. The molecular weight excluding hydrogens is 488 g/mol. The first-order valence-electron chi connectivity index (χ1n) is 15.2. The summed E-state index contributed by atoms with van der Waals surface area (Å²) in [7, 11) is 0. The van der Waals surface area contributed by atoms with Crippen LogP contribution >= 0.6 is 0 Å². The van der Waals surface area contributed by atoms with Crippen molar-refractivity contribution in [2.24, 2.45) is 16.8 Å². The van der Waals surface area contributed by atoms with E-state index in [1.807, 2.05) is 18.3 Å². The number of aryl methyl sites for hydroxylation is 1. The van der Waals surface area contributed by atoms with Crippen LogP contribution < -0.4 is 4.74 Å². The summed E-state index contributed by atoms with van der Waals surface area (Å²) in [4.78, 5) is 19.9. The molecule has 0 spiro atoms. The van der Waals surface area contributed by atoms with Crippen LogP contribution in [-0.2, 0) is 11.2 Å². The van der Waals surface area contributed by atoms with Gasteiger partial charge in [0, 0.05) is 29.8 Å². The highest BCUT2D eigenvalue weighted by Crippen LogP contribution is 2.32. The van der Waals surface area contributed by atoms with Gasteiger partial charge < -0.3 is 19.8 Å². The third kappa shape index (κ3) is 9.23. The molecule has 0 radical (unpaired) electrons. The summed E-state index contributed by atoms with van der Waals surface area (Å²) in [6.45, 7) is 9.82. The minimum absolute atomic E-state index is 0.0990. The van der Waals surface area contributed by atoms with Crippen molar-refractivity contribution in [2.75, 3.05) is 13.3 Å². The average molecular weight is 539 g/mol. The van der Waals surface area contributed by atoms with Crippen LogP contribution in [-0.4, -0.2) is 46.0 Å². The molecular formula is C33H50N2O4. The summed E-state index contributed by atoms with van der Waals surface area (Å²) in [5, 5.41) is 21.3. The predicted octanol–water partition coefficient (Wildman–Crippen LogP) is 7.34. The van der Waals surface area contributed by atoms with Crippen molar-refractivity contribution in [1.29, 1.82) is 0 Å². The van der Waals surface area contributed by atoms with Crippen molar-refractivity contribution in [3.05, 3.63) is 47.3 Å². The normalized spacial score (nSPS) is 16.2. The topological polar surface area (TPSA) is 82.4 Å². The molecule has 2 aliphatic heterocycles. The van der Waals surface area contributed by atoms with Crippen molar-refractivity contribution in [2.45, 2.75) is 111 Å². The molecule has 6 nitrogen and oxygen atoms in total. The van der Waals surface area contributed by atoms with E-state index in [1.54, 1.807) is 6.07 Å². The molecule has 0 unspecified atom stereocenters. The van der Waals surface area contributed by atoms with E-state index >= 15 is 0 Å². The fourth-order valence-electron chi connectivity index (χ4n) is 5.46. The molecule has 0 bridgehead atoms. The minimum atomic E-state index is -0.557. The number of phenolic OH excluding ortho intramolecular Hbond substituents is 1. The molecule has 0 saturated heterocycles. The number of fused-ring (bicyclic) bond motifs is 1. The standard InChI is InChI=1S/C33H50N2O4/c1-5-7-9-11-27(30(36)12-10-8-6-2)31(37)17-14-25-15-18-32(38)33(21-25)39-23-35-22-28-26(19-20-34-28)29(35)16-13-24(3)4/h15,18-21,24,27,30,36,38H,5-14,16-17,22-23H2,1-4H3/t27-,30-/m1/s1. The number of aliphatic imine (C=N–C) groups is 1. The van der Waals surface area contributed by atoms with E-state index in [4.69, 9.17) is 4.74 Å². The van der Waals surface area contributed by atoms with Gasteiger partial charge in [0.2, 0.25) is 0 Å². The highest BCUT2D eigenvalue weighted by molar-refractivity contribution is 6.08. The molecule has 216 valence electrons. The molecule has 0 aliphatic carbocycles. The highest BCUT2D eigenvalue weighted by atomic mass is 16.5. The third-order valence-electron chi connectivity index (χ3n) is 7.93. The number of ketones is 1. The molecule has 1 aromatic carbocycles. The Kier molecular flexibility index (Phi) is 12.6. The number of carbonyl (C=O) groups is 1. The van der Waals surface area contributed by atoms with Crippen LogP contribution in [0.1, 0.15) is 104 Å². The van der Waals surface area contributed by atoms with Gasteiger partial charge in [0.25, 0.3) is 0 Å². The van der Waals surface area contributed by atoms with Crippen LogP contribution in [0.2, 0.25) is 0 Å². The van der Waals surface area contributed by atoms with Crippen molar-refractivity contribution in [3.63, 3.8) is 0 Å². The van der Waals surface area contributed by atoms with Crippen molar-refractivity contribution in [1.82, 2.24) is 4.90 Å². The number of nitrogens with zero attached hydrogens (tertiary/aromatic N) is 2. The number of phenols is 1. The maximum atomic E-state index is 13.2. The number of ether oxygens (including phenoxy) is 1. The molecule has 6 heteroatoms. The number of aliphatic hydroxyl groups excluding tert-OH is 1. The number of rotatable bonds is 19. The van der Waals surface area contributed by atoms with Gasteiger partial charge in [-0.1, -0.05) is 72.3 Å². The molecule has 39 heavy (non-hydrogen) atoms. The quantitative estimate of drug-likeness (QED) is 0.180. The lowest BCUT2D eigenvalue weighted by Gasteiger charge is -2.24. The van der Waals surface area contributed by atoms with Gasteiger partial charge >= 0.3 is 0 Å². The van der Waals surface area contributed by atoms with E-state index in [0.29, 0.717) is 44.2 Å². The van der Waals surface area contributed by atoms with Gasteiger partial charge in [0.1, 0.15) is 5.78 Å². The zero-order valence-electron chi connectivity index (χ0n) is 24.6. The van der Waals surface area contributed by atoms with E-state index in [2.05, 4.69) is 43.7 Å². The van der Waals surface area contributed by atoms with Crippen LogP contribution in [0.5, 0.6) is 11.5 Å². The highest BCUT2D eigenvalue weighted by Gasteiger charge is 2.29. The van der Waals surface area contributed by atoms with Crippen LogP contribution in [0.25, 0.3) is 0 Å². The zero-order valence-corrected chi connectivity index (χ0v) is 24.6. The van der Waals surface area contributed by atoms with Crippen molar-refractivity contribution < 1.29 is 19.7 Å². The number of carbonyl (C=O) groups excluding carboxylic acids is 1. The molecule has 0 amide bonds. The molecule has 2 heterocycles. The van der Waals surface area contributed by atoms with Gasteiger partial charge in [-0.25, -0.2) is 0 Å². The Labute approximate surface area is 235 Å². The summed E-state index contributed by atoms with van der Waals surface area (Å²) in [6.07, 6.45) is 14.2. The number of hydrogen-bond acceptors (Lipinski definition) is 6. The second kappa shape index (κ2) is 15.9. The molecule has 2 N–H and O–H groups in total. The molecule has 1 aromatic rings. The number of benzene rings is 1. The number of unbranched alkanes of at least 4 members (excludes halogenated alkanes) is 4. The smallest absolute Gasteiger partial charge is 0.163 e. The second-order valence-corrected chi connectivity index (χ2v) is 11.6. The van der Waals surface area contributed by atoms with Crippen LogP contribution in [0.15, 0.2) is 46.7 Å². The van der Waals surface area contributed by atoms with E-state index in [0.717, 1.165) is 69.1 Å². The molecule has 2 atom stereocenters. The van der Waals surface area contributed by atoms with Crippen molar-refractivity contribution in [3.8, 4) is 11.5 Å². The molecule has 2 aliphatic rings. The first-order valence-corrected chi connectivity index (χ1v) is 15.2. The maximum absolute atomic E-state index is 13.2.